The minimum Gasteiger partial charge on any atom is -0.325 e. The van der Waals surface area contributed by atoms with Crippen LogP contribution in [0, 0.1) is 20.8 Å². The highest BCUT2D eigenvalue weighted by Crippen LogP contribution is 2.26. The van der Waals surface area contributed by atoms with Gasteiger partial charge in [-0.25, -0.2) is 4.98 Å². The smallest absolute Gasteiger partial charge is 0.234 e. The van der Waals surface area contributed by atoms with E-state index in [2.05, 4.69) is 43.4 Å². The first-order valence-electron chi connectivity index (χ1n) is 8.87. The Morgan fingerprint density at radius 3 is 2.46 bits per heavy atom. The Hall–Kier alpha value is -2.33. The maximum absolute atomic E-state index is 12.5. The second-order valence-electron chi connectivity index (χ2n) is 6.61. The van der Waals surface area contributed by atoms with E-state index < -0.39 is 0 Å². The SMILES string of the molecule is CCc1cc2ccccc2nc1SCC(=O)Nc1c(C)cc(C)cc1C. The van der Waals surface area contributed by atoms with Crippen LogP contribution in [0.5, 0.6) is 0 Å². The number of nitrogens with one attached hydrogen (secondary N) is 1. The number of pyridine rings is 1. The normalized spacial score (nSPS) is 10.9. The van der Waals surface area contributed by atoms with Crippen LogP contribution < -0.4 is 5.32 Å². The molecule has 26 heavy (non-hydrogen) atoms. The van der Waals surface area contributed by atoms with E-state index in [-0.39, 0.29) is 5.91 Å². The van der Waals surface area contributed by atoms with Crippen LogP contribution in [0.25, 0.3) is 10.9 Å². The fraction of sp³-hybridized carbons (Fsp3) is 0.273. The summed E-state index contributed by atoms with van der Waals surface area (Å²) in [7, 11) is 0. The molecule has 0 radical (unpaired) electrons. The van der Waals surface area contributed by atoms with Crippen molar-refractivity contribution in [1.82, 2.24) is 4.98 Å². The number of aromatic nitrogens is 1. The van der Waals surface area contributed by atoms with Crippen LogP contribution in [0.15, 0.2) is 47.5 Å². The van der Waals surface area contributed by atoms with Gasteiger partial charge >= 0.3 is 0 Å². The topological polar surface area (TPSA) is 42.0 Å². The number of aryl methyl sites for hydroxylation is 4. The Kier molecular flexibility index (Phi) is 5.62. The van der Waals surface area contributed by atoms with Gasteiger partial charge in [-0.3, -0.25) is 4.79 Å². The monoisotopic (exact) mass is 364 g/mol. The average molecular weight is 365 g/mol. The van der Waals surface area contributed by atoms with E-state index in [1.165, 1.54) is 22.9 Å². The van der Waals surface area contributed by atoms with Crippen molar-refractivity contribution in [2.24, 2.45) is 0 Å². The largest absolute Gasteiger partial charge is 0.325 e. The molecule has 3 aromatic rings. The van der Waals surface area contributed by atoms with E-state index in [1.54, 1.807) is 0 Å². The van der Waals surface area contributed by atoms with Crippen LogP contribution >= 0.6 is 11.8 Å². The molecule has 1 N–H and O–H groups in total. The maximum Gasteiger partial charge on any atom is 0.234 e. The molecule has 1 amide bonds. The molecule has 2 aromatic carbocycles. The van der Waals surface area contributed by atoms with Gasteiger partial charge in [-0.15, -0.1) is 0 Å². The fourth-order valence-corrected chi connectivity index (χ4v) is 4.10. The van der Waals surface area contributed by atoms with E-state index in [0.29, 0.717) is 5.75 Å². The minimum absolute atomic E-state index is 0.00191. The number of carbonyl (C=O) groups excluding carboxylic acids is 1. The minimum atomic E-state index is 0.00191. The van der Waals surface area contributed by atoms with Crippen molar-refractivity contribution >= 4 is 34.3 Å². The van der Waals surface area contributed by atoms with Gasteiger partial charge in [0.15, 0.2) is 0 Å². The van der Waals surface area contributed by atoms with Gasteiger partial charge in [0.2, 0.25) is 5.91 Å². The van der Waals surface area contributed by atoms with Gasteiger partial charge in [0.1, 0.15) is 5.03 Å². The number of para-hydroxylation sites is 1. The molecule has 134 valence electrons. The van der Waals surface area contributed by atoms with E-state index in [0.717, 1.165) is 39.2 Å². The summed E-state index contributed by atoms with van der Waals surface area (Å²) >= 11 is 1.51. The highest BCUT2D eigenvalue weighted by Gasteiger charge is 2.12. The van der Waals surface area contributed by atoms with Crippen LogP contribution in [0.2, 0.25) is 0 Å². The van der Waals surface area contributed by atoms with Crippen LogP contribution in [-0.4, -0.2) is 16.6 Å². The second kappa shape index (κ2) is 7.92. The van der Waals surface area contributed by atoms with Crippen molar-refractivity contribution in [3.8, 4) is 0 Å². The lowest BCUT2D eigenvalue weighted by Gasteiger charge is -2.13. The molecule has 4 heteroatoms. The zero-order valence-electron chi connectivity index (χ0n) is 15.7. The Balaban J connectivity index is 1.75. The number of benzene rings is 2. The second-order valence-corrected chi connectivity index (χ2v) is 7.57. The van der Waals surface area contributed by atoms with Crippen molar-refractivity contribution < 1.29 is 4.79 Å². The Labute approximate surface area is 159 Å². The zero-order chi connectivity index (χ0) is 18.7. The molecule has 1 heterocycles. The van der Waals surface area contributed by atoms with Crippen molar-refractivity contribution in [3.05, 3.63) is 64.7 Å². The molecule has 0 aliphatic heterocycles. The number of hydrogen-bond donors (Lipinski definition) is 1. The number of anilines is 1. The third kappa shape index (κ3) is 4.07. The number of hydrogen-bond acceptors (Lipinski definition) is 3. The fourth-order valence-electron chi connectivity index (χ4n) is 3.21. The molecule has 0 fully saturated rings. The molecule has 3 nitrogen and oxygen atoms in total. The molecule has 0 aliphatic rings. The molecule has 0 saturated carbocycles. The lowest BCUT2D eigenvalue weighted by molar-refractivity contribution is -0.113. The predicted molar refractivity (Wildman–Crippen MR) is 111 cm³/mol. The van der Waals surface area contributed by atoms with E-state index in [1.807, 2.05) is 32.0 Å². The average Bonchev–Trinajstić information content (AvgIpc) is 2.62. The predicted octanol–water partition coefficient (Wildman–Crippen LogP) is 5.45. The van der Waals surface area contributed by atoms with Crippen molar-refractivity contribution in [1.29, 1.82) is 0 Å². The van der Waals surface area contributed by atoms with Gasteiger partial charge in [0, 0.05) is 11.1 Å². The van der Waals surface area contributed by atoms with Crippen LogP contribution in [0.4, 0.5) is 5.69 Å². The number of amides is 1. The van der Waals surface area contributed by atoms with Gasteiger partial charge in [0.25, 0.3) is 0 Å². The quantitative estimate of drug-likeness (QED) is 0.612. The molecule has 0 atom stereocenters. The van der Waals surface area contributed by atoms with Gasteiger partial charge in [-0.05, 0) is 56.0 Å². The zero-order valence-corrected chi connectivity index (χ0v) is 16.5. The third-order valence-electron chi connectivity index (χ3n) is 4.43. The summed E-state index contributed by atoms with van der Waals surface area (Å²) < 4.78 is 0. The van der Waals surface area contributed by atoms with Crippen molar-refractivity contribution in [2.45, 2.75) is 39.1 Å². The number of carbonyl (C=O) groups is 1. The van der Waals surface area contributed by atoms with Gasteiger partial charge in [0.05, 0.1) is 11.3 Å². The summed E-state index contributed by atoms with van der Waals surface area (Å²) in [5, 5.41) is 5.15. The Morgan fingerprint density at radius 2 is 1.77 bits per heavy atom. The van der Waals surface area contributed by atoms with Gasteiger partial charge < -0.3 is 5.32 Å². The third-order valence-corrected chi connectivity index (χ3v) is 5.46. The van der Waals surface area contributed by atoms with Gasteiger partial charge in [-0.2, -0.15) is 0 Å². The molecule has 0 bridgehead atoms. The van der Waals surface area contributed by atoms with Crippen LogP contribution in [-0.2, 0) is 11.2 Å². The molecule has 0 saturated heterocycles. The van der Waals surface area contributed by atoms with E-state index in [9.17, 15) is 4.79 Å². The standard InChI is InChI=1S/C22H24N2OS/c1-5-17-12-18-8-6-7-9-19(18)23-22(17)26-13-20(25)24-21-15(3)10-14(2)11-16(21)4/h6-12H,5,13H2,1-4H3,(H,24,25). The molecular weight excluding hydrogens is 340 g/mol. The number of thioether (sulfide) groups is 1. The molecule has 3 rings (SSSR count). The summed E-state index contributed by atoms with van der Waals surface area (Å²) in [6, 6.07) is 14.5. The van der Waals surface area contributed by atoms with E-state index in [4.69, 9.17) is 4.98 Å². The van der Waals surface area contributed by atoms with E-state index >= 15 is 0 Å². The summed E-state index contributed by atoms with van der Waals surface area (Å²) in [4.78, 5) is 17.2. The van der Waals surface area contributed by atoms with Crippen molar-refractivity contribution in [2.75, 3.05) is 11.1 Å². The highest BCUT2D eigenvalue weighted by atomic mass is 32.2. The number of fused-ring (bicyclic) bond motifs is 1. The first-order chi connectivity index (χ1) is 12.5. The molecule has 0 unspecified atom stereocenters. The van der Waals surface area contributed by atoms with Crippen molar-refractivity contribution in [3.63, 3.8) is 0 Å². The Morgan fingerprint density at radius 1 is 1.08 bits per heavy atom. The number of rotatable bonds is 5. The first kappa shape index (κ1) is 18.5. The molecule has 0 aliphatic carbocycles. The number of nitrogens with zero attached hydrogens (tertiary/aromatic N) is 1. The lowest BCUT2D eigenvalue weighted by atomic mass is 10.1. The van der Waals surface area contributed by atoms with Crippen LogP contribution in [0.1, 0.15) is 29.2 Å². The molecule has 0 spiro atoms. The summed E-state index contributed by atoms with van der Waals surface area (Å²) in [5.41, 5.74) is 6.48. The summed E-state index contributed by atoms with van der Waals surface area (Å²) in [6.07, 6.45) is 0.901. The maximum atomic E-state index is 12.5. The highest BCUT2D eigenvalue weighted by molar-refractivity contribution is 8.00. The summed E-state index contributed by atoms with van der Waals surface area (Å²) in [6.45, 7) is 8.25. The lowest BCUT2D eigenvalue weighted by Crippen LogP contribution is -2.16. The summed E-state index contributed by atoms with van der Waals surface area (Å²) in [5.74, 6) is 0.354. The van der Waals surface area contributed by atoms with Crippen LogP contribution in [0.3, 0.4) is 0 Å². The van der Waals surface area contributed by atoms with Gasteiger partial charge in [-0.1, -0.05) is 54.6 Å². The molecule has 1 aromatic heterocycles. The first-order valence-corrected chi connectivity index (χ1v) is 9.85. The Bertz CT molecular complexity index is 943. The molecular formula is C22H24N2OS.